The number of hydrogen-bond donors (Lipinski definition) is 1. The van der Waals surface area contributed by atoms with Crippen LogP contribution in [-0.2, 0) is 6.42 Å². The summed E-state index contributed by atoms with van der Waals surface area (Å²) in [6.45, 7) is 3.88. The number of benzene rings is 1. The third kappa shape index (κ3) is 3.97. The quantitative estimate of drug-likeness (QED) is 0.507. The largest absolute Gasteiger partial charge is 0.298 e. The van der Waals surface area contributed by atoms with Crippen molar-refractivity contribution < 1.29 is 4.79 Å². The first-order valence-electron chi connectivity index (χ1n) is 8.89. The zero-order valence-electron chi connectivity index (χ0n) is 15.8. The molecule has 144 valence electrons. The van der Waals surface area contributed by atoms with Gasteiger partial charge in [0.1, 0.15) is 0 Å². The van der Waals surface area contributed by atoms with E-state index in [9.17, 15) is 4.79 Å². The molecule has 1 N–H and O–H groups in total. The Hall–Kier alpha value is -3.28. The summed E-state index contributed by atoms with van der Waals surface area (Å²) in [6.07, 6.45) is 4.23. The summed E-state index contributed by atoms with van der Waals surface area (Å²) >= 11 is 2.98. The second-order valence-electron chi connectivity index (χ2n) is 6.51. The molecule has 0 atom stereocenters. The van der Waals surface area contributed by atoms with E-state index in [1.165, 1.54) is 22.7 Å². The molecule has 0 saturated heterocycles. The number of hydrogen-bond acceptors (Lipinski definition) is 6. The summed E-state index contributed by atoms with van der Waals surface area (Å²) in [6, 6.07) is 11.5. The van der Waals surface area contributed by atoms with Gasteiger partial charge in [-0.25, -0.2) is 9.97 Å². The highest BCUT2D eigenvalue weighted by atomic mass is 32.1. The van der Waals surface area contributed by atoms with E-state index in [4.69, 9.17) is 5.26 Å². The molecule has 0 aliphatic rings. The molecule has 0 radical (unpaired) electrons. The number of nitrogens with one attached hydrogen (secondary N) is 1. The van der Waals surface area contributed by atoms with Crippen molar-refractivity contribution in [1.82, 2.24) is 14.5 Å². The lowest BCUT2D eigenvalue weighted by Crippen LogP contribution is -2.12. The second-order valence-corrected chi connectivity index (χ2v) is 8.49. The average molecular weight is 420 g/mol. The van der Waals surface area contributed by atoms with Crippen molar-refractivity contribution in [2.75, 3.05) is 5.32 Å². The highest BCUT2D eigenvalue weighted by molar-refractivity contribution is 7.15. The molecule has 0 fully saturated rings. The molecule has 6 nitrogen and oxygen atoms in total. The molecule has 0 unspecified atom stereocenters. The maximum absolute atomic E-state index is 12.8. The number of nitriles is 1. The number of aromatic nitrogens is 3. The fourth-order valence-corrected chi connectivity index (χ4v) is 4.72. The van der Waals surface area contributed by atoms with Crippen LogP contribution in [0.15, 0.2) is 48.1 Å². The van der Waals surface area contributed by atoms with Crippen LogP contribution in [0.4, 0.5) is 5.13 Å². The third-order valence-electron chi connectivity index (χ3n) is 4.52. The number of nitrogens with zero attached hydrogens (tertiary/aromatic N) is 4. The van der Waals surface area contributed by atoms with Crippen LogP contribution in [0.3, 0.4) is 0 Å². The van der Waals surface area contributed by atoms with Crippen molar-refractivity contribution in [1.29, 1.82) is 5.26 Å². The first-order valence-corrected chi connectivity index (χ1v) is 10.6. The zero-order chi connectivity index (χ0) is 20.4. The Morgan fingerprint density at radius 3 is 2.72 bits per heavy atom. The molecule has 3 heterocycles. The number of anilines is 1. The fraction of sp³-hybridized carbons (Fsp3) is 0.143. The van der Waals surface area contributed by atoms with Gasteiger partial charge in [0.05, 0.1) is 17.2 Å². The highest BCUT2D eigenvalue weighted by Gasteiger charge is 2.18. The number of rotatable bonds is 5. The lowest BCUT2D eigenvalue weighted by molar-refractivity contribution is 0.102. The van der Waals surface area contributed by atoms with Gasteiger partial charge in [0.15, 0.2) is 10.3 Å². The van der Waals surface area contributed by atoms with Crippen molar-refractivity contribution in [3.05, 3.63) is 81.1 Å². The van der Waals surface area contributed by atoms with Crippen LogP contribution in [0, 0.1) is 25.2 Å². The molecule has 29 heavy (non-hydrogen) atoms. The van der Waals surface area contributed by atoms with E-state index in [2.05, 4.69) is 21.4 Å². The van der Waals surface area contributed by atoms with Crippen LogP contribution in [-0.4, -0.2) is 20.4 Å². The SMILES string of the molecule is Cc1cc(C(=O)Nc2ncc(Cc3ccc(C#N)cc3)s2)c(C)n1-c1nccs1. The minimum atomic E-state index is -0.180. The summed E-state index contributed by atoms with van der Waals surface area (Å²) in [7, 11) is 0. The van der Waals surface area contributed by atoms with Crippen molar-refractivity contribution in [3.63, 3.8) is 0 Å². The Kier molecular flexibility index (Phi) is 5.25. The van der Waals surface area contributed by atoms with Crippen LogP contribution in [0.2, 0.25) is 0 Å². The molecule has 1 aromatic carbocycles. The number of carbonyl (C=O) groups excluding carboxylic acids is 1. The third-order valence-corrected chi connectivity index (χ3v) is 6.19. The molecule has 8 heteroatoms. The predicted octanol–water partition coefficient (Wildman–Crippen LogP) is 4.72. The van der Waals surface area contributed by atoms with Crippen molar-refractivity contribution in [2.45, 2.75) is 20.3 Å². The number of amides is 1. The average Bonchev–Trinajstić information content (AvgIpc) is 3.44. The van der Waals surface area contributed by atoms with E-state index in [-0.39, 0.29) is 5.91 Å². The Morgan fingerprint density at radius 1 is 1.24 bits per heavy atom. The highest BCUT2D eigenvalue weighted by Crippen LogP contribution is 2.25. The minimum absolute atomic E-state index is 0.180. The van der Waals surface area contributed by atoms with Crippen LogP contribution >= 0.6 is 22.7 Å². The molecule has 1 amide bonds. The van der Waals surface area contributed by atoms with E-state index < -0.39 is 0 Å². The van der Waals surface area contributed by atoms with E-state index in [0.29, 0.717) is 22.7 Å². The molecule has 3 aromatic heterocycles. The first kappa shape index (κ1) is 19.1. The number of thiazole rings is 2. The van der Waals surface area contributed by atoms with Crippen LogP contribution in [0.25, 0.3) is 5.13 Å². The Balaban J connectivity index is 1.48. The van der Waals surface area contributed by atoms with E-state index in [1.54, 1.807) is 24.5 Å². The van der Waals surface area contributed by atoms with Gasteiger partial charge in [-0.05, 0) is 37.6 Å². The zero-order valence-corrected chi connectivity index (χ0v) is 17.5. The molecule has 4 rings (SSSR count). The van der Waals surface area contributed by atoms with Gasteiger partial charge in [-0.3, -0.25) is 14.7 Å². The molecular formula is C21H17N5OS2. The molecule has 0 spiro atoms. The minimum Gasteiger partial charge on any atom is -0.298 e. The number of aryl methyl sites for hydroxylation is 1. The van der Waals surface area contributed by atoms with Crippen LogP contribution < -0.4 is 5.32 Å². The molecule has 0 aliphatic heterocycles. The summed E-state index contributed by atoms with van der Waals surface area (Å²) in [5, 5.41) is 15.1. The van der Waals surface area contributed by atoms with Crippen LogP contribution in [0.5, 0.6) is 0 Å². The van der Waals surface area contributed by atoms with Gasteiger partial charge >= 0.3 is 0 Å². The van der Waals surface area contributed by atoms with E-state index >= 15 is 0 Å². The molecule has 0 bridgehead atoms. The van der Waals surface area contributed by atoms with Gasteiger partial charge in [-0.15, -0.1) is 22.7 Å². The lowest BCUT2D eigenvalue weighted by atomic mass is 10.1. The van der Waals surface area contributed by atoms with Gasteiger partial charge < -0.3 is 0 Å². The van der Waals surface area contributed by atoms with Gasteiger partial charge in [0.2, 0.25) is 0 Å². The fourth-order valence-electron chi connectivity index (χ4n) is 3.12. The predicted molar refractivity (Wildman–Crippen MR) is 115 cm³/mol. The summed E-state index contributed by atoms with van der Waals surface area (Å²) in [5.74, 6) is -0.180. The molecule has 4 aromatic rings. The van der Waals surface area contributed by atoms with Crippen LogP contribution in [0.1, 0.15) is 37.7 Å². The van der Waals surface area contributed by atoms with Crippen molar-refractivity contribution >= 4 is 33.7 Å². The maximum atomic E-state index is 12.8. The summed E-state index contributed by atoms with van der Waals surface area (Å²) < 4.78 is 1.98. The number of carbonyl (C=O) groups is 1. The summed E-state index contributed by atoms with van der Waals surface area (Å²) in [5.41, 5.74) is 4.16. The Bertz CT molecular complexity index is 1200. The monoisotopic (exact) mass is 419 g/mol. The second kappa shape index (κ2) is 7.99. The van der Waals surface area contributed by atoms with Gasteiger partial charge in [-0.1, -0.05) is 12.1 Å². The Morgan fingerprint density at radius 2 is 2.03 bits per heavy atom. The van der Waals surface area contributed by atoms with Gasteiger partial charge in [-0.2, -0.15) is 5.26 Å². The Labute approximate surface area is 176 Å². The van der Waals surface area contributed by atoms with Crippen molar-refractivity contribution in [2.24, 2.45) is 0 Å². The van der Waals surface area contributed by atoms with E-state index in [0.717, 1.165) is 27.0 Å². The molecular weight excluding hydrogens is 402 g/mol. The standard InChI is InChI=1S/C21H17N5OS2/c1-13-9-18(14(2)26(13)21-23-7-8-28-21)19(27)25-20-24-12-17(29-20)10-15-3-5-16(11-22)6-4-15/h3-9,12H,10H2,1-2H3,(H,24,25,27). The molecule has 0 aliphatic carbocycles. The molecule has 0 saturated carbocycles. The first-order chi connectivity index (χ1) is 14.0. The topological polar surface area (TPSA) is 83.6 Å². The van der Waals surface area contributed by atoms with Crippen molar-refractivity contribution in [3.8, 4) is 11.2 Å². The summed E-state index contributed by atoms with van der Waals surface area (Å²) in [4.78, 5) is 22.5. The van der Waals surface area contributed by atoms with Gasteiger partial charge in [0.25, 0.3) is 5.91 Å². The van der Waals surface area contributed by atoms with E-state index in [1.807, 2.05) is 42.0 Å². The normalized spacial score (nSPS) is 10.7. The van der Waals surface area contributed by atoms with Gasteiger partial charge in [0, 0.05) is 40.5 Å². The smallest absolute Gasteiger partial charge is 0.259 e. The maximum Gasteiger partial charge on any atom is 0.259 e. The lowest BCUT2D eigenvalue weighted by Gasteiger charge is -2.05.